The molecule has 0 spiro atoms. The number of benzene rings is 1. The van der Waals surface area contributed by atoms with E-state index in [0.29, 0.717) is 0 Å². The fraction of sp³-hybridized carbons (Fsp3) is 0.167. The van der Waals surface area contributed by atoms with Crippen LogP contribution in [0.4, 0.5) is 0 Å². The van der Waals surface area contributed by atoms with E-state index < -0.39 is 0 Å². The fourth-order valence-electron chi connectivity index (χ4n) is 0.770. The van der Waals surface area contributed by atoms with Crippen LogP contribution in [0, 0.1) is 0 Å². The van der Waals surface area contributed by atoms with Crippen LogP contribution in [-0.2, 0) is 0 Å². The van der Waals surface area contributed by atoms with Crippen LogP contribution in [0.1, 0.15) is 19.4 Å². The van der Waals surface area contributed by atoms with Crippen molar-refractivity contribution in [3.63, 3.8) is 0 Å². The second-order valence-corrected chi connectivity index (χ2v) is 2.10. The molecule has 0 heteroatoms. The van der Waals surface area contributed by atoms with Gasteiger partial charge in [-0.05, 0) is 11.1 Å². The Labute approximate surface area is 75.2 Å². The SMILES string of the molecule is C=CC(=C)c1ccccc1.CC. The summed E-state index contributed by atoms with van der Waals surface area (Å²) in [6.45, 7) is 11.5. The molecule has 0 N–H and O–H groups in total. The Morgan fingerprint density at radius 2 is 1.67 bits per heavy atom. The van der Waals surface area contributed by atoms with Crippen molar-refractivity contribution >= 4 is 5.57 Å². The van der Waals surface area contributed by atoms with Crippen LogP contribution in [0.25, 0.3) is 5.57 Å². The van der Waals surface area contributed by atoms with Crippen molar-refractivity contribution < 1.29 is 0 Å². The topological polar surface area (TPSA) is 0 Å². The lowest BCUT2D eigenvalue weighted by Gasteiger charge is -1.96. The molecular formula is C12H16. The Hall–Kier alpha value is -1.30. The van der Waals surface area contributed by atoms with Gasteiger partial charge in [-0.25, -0.2) is 0 Å². The second kappa shape index (κ2) is 6.41. The first-order valence-electron chi connectivity index (χ1n) is 4.21. The fourth-order valence-corrected chi connectivity index (χ4v) is 0.770. The summed E-state index contributed by atoms with van der Waals surface area (Å²) in [5, 5.41) is 0. The van der Waals surface area contributed by atoms with Crippen LogP contribution in [-0.4, -0.2) is 0 Å². The van der Waals surface area contributed by atoms with Crippen molar-refractivity contribution in [1.29, 1.82) is 0 Å². The highest BCUT2D eigenvalue weighted by molar-refractivity contribution is 5.71. The molecule has 0 radical (unpaired) electrons. The minimum Gasteiger partial charge on any atom is -0.0985 e. The molecule has 0 amide bonds. The quantitative estimate of drug-likeness (QED) is 0.575. The molecule has 0 aliphatic carbocycles. The monoisotopic (exact) mass is 160 g/mol. The average Bonchev–Trinajstić information content (AvgIpc) is 2.21. The second-order valence-electron chi connectivity index (χ2n) is 2.10. The largest absolute Gasteiger partial charge is 0.0985 e. The lowest BCUT2D eigenvalue weighted by Crippen LogP contribution is -1.74. The van der Waals surface area contributed by atoms with Gasteiger partial charge in [-0.15, -0.1) is 0 Å². The van der Waals surface area contributed by atoms with Crippen molar-refractivity contribution in [1.82, 2.24) is 0 Å². The molecule has 0 unspecified atom stereocenters. The van der Waals surface area contributed by atoms with Gasteiger partial charge in [0.2, 0.25) is 0 Å². The summed E-state index contributed by atoms with van der Waals surface area (Å²) in [5.41, 5.74) is 2.11. The van der Waals surface area contributed by atoms with E-state index in [1.807, 2.05) is 44.2 Å². The smallest absolute Gasteiger partial charge is 0.0190 e. The Morgan fingerprint density at radius 1 is 1.17 bits per heavy atom. The van der Waals surface area contributed by atoms with Crippen LogP contribution >= 0.6 is 0 Å². The molecule has 0 saturated carbocycles. The van der Waals surface area contributed by atoms with Gasteiger partial charge in [0.15, 0.2) is 0 Å². The maximum Gasteiger partial charge on any atom is -0.0190 e. The van der Waals surface area contributed by atoms with E-state index in [-0.39, 0.29) is 0 Å². The third-order valence-corrected chi connectivity index (χ3v) is 1.39. The average molecular weight is 160 g/mol. The Kier molecular flexibility index (Phi) is 5.72. The predicted molar refractivity (Wildman–Crippen MR) is 57.0 cm³/mol. The van der Waals surface area contributed by atoms with Crippen molar-refractivity contribution in [2.75, 3.05) is 0 Å². The Balaban J connectivity index is 0.000000561. The first kappa shape index (κ1) is 10.7. The van der Waals surface area contributed by atoms with E-state index in [0.717, 1.165) is 11.1 Å². The number of hydrogen-bond acceptors (Lipinski definition) is 0. The van der Waals surface area contributed by atoms with Crippen LogP contribution in [0.2, 0.25) is 0 Å². The Morgan fingerprint density at radius 3 is 2.08 bits per heavy atom. The van der Waals surface area contributed by atoms with E-state index in [1.165, 1.54) is 0 Å². The number of rotatable bonds is 2. The molecular weight excluding hydrogens is 144 g/mol. The first-order chi connectivity index (χ1) is 5.84. The van der Waals surface area contributed by atoms with Crippen molar-refractivity contribution in [2.45, 2.75) is 13.8 Å². The molecule has 0 aliphatic rings. The third kappa shape index (κ3) is 3.20. The molecule has 64 valence electrons. The maximum absolute atomic E-state index is 3.83. The molecule has 0 heterocycles. The zero-order chi connectivity index (χ0) is 9.40. The lowest BCUT2D eigenvalue weighted by molar-refractivity contribution is 1.50. The molecule has 0 aliphatic heterocycles. The number of allylic oxidation sites excluding steroid dienone is 2. The normalized spacial score (nSPS) is 7.83. The highest BCUT2D eigenvalue weighted by atomic mass is 13.9. The van der Waals surface area contributed by atoms with Gasteiger partial charge in [-0.1, -0.05) is 63.4 Å². The van der Waals surface area contributed by atoms with Gasteiger partial charge in [0, 0.05) is 0 Å². The summed E-state index contributed by atoms with van der Waals surface area (Å²) >= 11 is 0. The summed E-state index contributed by atoms with van der Waals surface area (Å²) in [4.78, 5) is 0. The van der Waals surface area contributed by atoms with Crippen LogP contribution in [0.3, 0.4) is 0 Å². The molecule has 12 heavy (non-hydrogen) atoms. The molecule has 0 nitrogen and oxygen atoms in total. The summed E-state index contributed by atoms with van der Waals surface area (Å²) in [6.07, 6.45) is 1.76. The standard InChI is InChI=1S/C10H10.C2H6/c1-3-9(2)10-7-5-4-6-8-10;1-2/h3-8H,1-2H2;1-2H3. The highest BCUT2D eigenvalue weighted by Crippen LogP contribution is 2.10. The van der Waals surface area contributed by atoms with Crippen molar-refractivity contribution in [2.24, 2.45) is 0 Å². The molecule has 0 aromatic heterocycles. The number of hydrogen-bond donors (Lipinski definition) is 0. The summed E-state index contributed by atoms with van der Waals surface area (Å²) in [7, 11) is 0. The molecule has 1 rings (SSSR count). The van der Waals surface area contributed by atoms with E-state index in [4.69, 9.17) is 0 Å². The molecule has 0 atom stereocenters. The zero-order valence-corrected chi connectivity index (χ0v) is 7.88. The summed E-state index contributed by atoms with van der Waals surface area (Å²) in [5.74, 6) is 0. The van der Waals surface area contributed by atoms with Gasteiger partial charge in [0.05, 0.1) is 0 Å². The van der Waals surface area contributed by atoms with Crippen LogP contribution < -0.4 is 0 Å². The molecule has 1 aromatic rings. The maximum atomic E-state index is 3.83. The minimum atomic E-state index is 0.973. The van der Waals surface area contributed by atoms with Crippen LogP contribution in [0.15, 0.2) is 49.6 Å². The predicted octanol–water partition coefficient (Wildman–Crippen LogP) is 3.91. The summed E-state index contributed by atoms with van der Waals surface area (Å²) < 4.78 is 0. The van der Waals surface area contributed by atoms with Crippen LogP contribution in [0.5, 0.6) is 0 Å². The Bertz CT molecular complexity index is 231. The minimum absolute atomic E-state index is 0.973. The van der Waals surface area contributed by atoms with Crippen molar-refractivity contribution in [3.8, 4) is 0 Å². The van der Waals surface area contributed by atoms with Crippen molar-refractivity contribution in [3.05, 3.63) is 55.1 Å². The molecule has 0 bridgehead atoms. The van der Waals surface area contributed by atoms with Gasteiger partial charge >= 0.3 is 0 Å². The lowest BCUT2D eigenvalue weighted by atomic mass is 10.1. The van der Waals surface area contributed by atoms with Gasteiger partial charge in [-0.3, -0.25) is 0 Å². The highest BCUT2D eigenvalue weighted by Gasteiger charge is 1.88. The van der Waals surface area contributed by atoms with Gasteiger partial charge in [0.25, 0.3) is 0 Å². The molecule has 1 aromatic carbocycles. The molecule has 0 saturated heterocycles. The van der Waals surface area contributed by atoms with Gasteiger partial charge < -0.3 is 0 Å². The first-order valence-corrected chi connectivity index (χ1v) is 4.21. The van der Waals surface area contributed by atoms with E-state index in [1.54, 1.807) is 6.08 Å². The van der Waals surface area contributed by atoms with E-state index in [9.17, 15) is 0 Å². The third-order valence-electron chi connectivity index (χ3n) is 1.39. The van der Waals surface area contributed by atoms with Gasteiger partial charge in [0.1, 0.15) is 0 Å². The van der Waals surface area contributed by atoms with E-state index in [2.05, 4.69) is 13.2 Å². The molecule has 0 fully saturated rings. The summed E-state index contributed by atoms with van der Waals surface area (Å²) in [6, 6.07) is 10.0. The zero-order valence-electron chi connectivity index (χ0n) is 7.88. The van der Waals surface area contributed by atoms with E-state index >= 15 is 0 Å². The van der Waals surface area contributed by atoms with Gasteiger partial charge in [-0.2, -0.15) is 0 Å².